The van der Waals surface area contributed by atoms with Crippen LogP contribution in [-0.4, -0.2) is 33.7 Å². The van der Waals surface area contributed by atoms with Crippen LogP contribution in [0, 0.1) is 5.82 Å². The Kier molecular flexibility index (Phi) is 4.71. The molecule has 0 radical (unpaired) electrons. The van der Waals surface area contributed by atoms with Gasteiger partial charge in [-0.25, -0.2) is 9.37 Å². The van der Waals surface area contributed by atoms with E-state index < -0.39 is 29.0 Å². The molecule has 3 rings (SSSR count). The molecule has 1 fully saturated rings. The van der Waals surface area contributed by atoms with Gasteiger partial charge in [-0.3, -0.25) is 9.89 Å². The van der Waals surface area contributed by atoms with Gasteiger partial charge in [0.1, 0.15) is 18.2 Å². The fourth-order valence-corrected chi connectivity index (χ4v) is 2.66. The van der Waals surface area contributed by atoms with Gasteiger partial charge in [-0.2, -0.15) is 18.3 Å². The number of carbonyl (C=O) groups excluding carboxylic acids is 1. The molecule has 1 aromatic heterocycles. The third-order valence-electron chi connectivity index (χ3n) is 3.89. The lowest BCUT2D eigenvalue weighted by Crippen LogP contribution is -2.32. The van der Waals surface area contributed by atoms with E-state index in [1.54, 1.807) is 0 Å². The third-order valence-corrected chi connectivity index (χ3v) is 3.89. The van der Waals surface area contributed by atoms with Gasteiger partial charge in [-0.05, 0) is 25.0 Å². The topological polar surface area (TPSA) is 79.9 Å². The number of alkyl halides is 3. The van der Waals surface area contributed by atoms with E-state index in [4.69, 9.17) is 4.74 Å². The number of hydrogen-bond donors (Lipinski definition) is 2. The van der Waals surface area contributed by atoms with Crippen molar-refractivity contribution in [3.05, 3.63) is 47.3 Å². The van der Waals surface area contributed by atoms with Crippen molar-refractivity contribution in [3.8, 4) is 0 Å². The van der Waals surface area contributed by atoms with E-state index in [1.165, 1.54) is 6.33 Å². The SMILES string of the molecule is O=C(NC[C@H]1CC[C@@H](c2ncn[nH]2)O1)c1cccc(C(F)(F)F)c1F. The first-order valence-electron chi connectivity index (χ1n) is 7.51. The molecule has 0 unspecified atom stereocenters. The van der Waals surface area contributed by atoms with Crippen LogP contribution in [0.5, 0.6) is 0 Å². The fourth-order valence-electron chi connectivity index (χ4n) is 2.66. The summed E-state index contributed by atoms with van der Waals surface area (Å²) in [5.74, 6) is -1.94. The molecule has 1 aliphatic heterocycles. The van der Waals surface area contributed by atoms with Crippen LogP contribution in [0.15, 0.2) is 24.5 Å². The highest BCUT2D eigenvalue weighted by atomic mass is 19.4. The average molecular weight is 358 g/mol. The summed E-state index contributed by atoms with van der Waals surface area (Å²) in [6, 6.07) is 2.59. The number of nitrogens with zero attached hydrogens (tertiary/aromatic N) is 2. The van der Waals surface area contributed by atoms with Crippen LogP contribution in [-0.2, 0) is 10.9 Å². The van der Waals surface area contributed by atoms with Gasteiger partial charge in [0.2, 0.25) is 0 Å². The molecule has 2 heterocycles. The standard InChI is InChI=1S/C15H14F4N4O2/c16-12-9(2-1-3-10(12)15(17,18)19)14(24)20-6-8-4-5-11(25-8)13-21-7-22-23-13/h1-3,7-8,11H,4-6H2,(H,20,24)(H,21,22,23)/t8-,11+/m1/s1. The minimum Gasteiger partial charge on any atom is -0.365 e. The fraction of sp³-hybridized carbons (Fsp3) is 0.400. The van der Waals surface area contributed by atoms with Crippen molar-refractivity contribution in [2.45, 2.75) is 31.2 Å². The summed E-state index contributed by atoms with van der Waals surface area (Å²) in [7, 11) is 0. The highest BCUT2D eigenvalue weighted by molar-refractivity contribution is 5.94. The molecular formula is C15H14F4N4O2. The van der Waals surface area contributed by atoms with E-state index in [2.05, 4.69) is 20.5 Å². The van der Waals surface area contributed by atoms with E-state index in [1.807, 2.05) is 0 Å². The van der Waals surface area contributed by atoms with Crippen LogP contribution in [0.4, 0.5) is 17.6 Å². The number of carbonyl (C=O) groups is 1. The summed E-state index contributed by atoms with van der Waals surface area (Å²) in [5.41, 5.74) is -2.12. The highest BCUT2D eigenvalue weighted by Crippen LogP contribution is 2.32. The average Bonchev–Trinajstić information content (AvgIpc) is 3.22. The first-order chi connectivity index (χ1) is 11.9. The summed E-state index contributed by atoms with van der Waals surface area (Å²) < 4.78 is 57.7. The second-order valence-corrected chi connectivity index (χ2v) is 5.57. The summed E-state index contributed by atoms with van der Waals surface area (Å²) in [4.78, 5) is 16.0. The van der Waals surface area contributed by atoms with Gasteiger partial charge in [-0.1, -0.05) is 6.07 Å². The largest absolute Gasteiger partial charge is 0.419 e. The van der Waals surface area contributed by atoms with Gasteiger partial charge in [-0.15, -0.1) is 0 Å². The van der Waals surface area contributed by atoms with Crippen LogP contribution in [0.1, 0.15) is 40.7 Å². The van der Waals surface area contributed by atoms with Gasteiger partial charge >= 0.3 is 6.18 Å². The van der Waals surface area contributed by atoms with Gasteiger partial charge in [0.05, 0.1) is 17.2 Å². The first-order valence-corrected chi connectivity index (χ1v) is 7.51. The number of benzene rings is 1. The first kappa shape index (κ1) is 17.3. The molecule has 1 amide bonds. The Balaban J connectivity index is 1.60. The molecule has 2 atom stereocenters. The monoisotopic (exact) mass is 358 g/mol. The van der Waals surface area contributed by atoms with Crippen molar-refractivity contribution in [3.63, 3.8) is 0 Å². The van der Waals surface area contributed by atoms with E-state index >= 15 is 0 Å². The van der Waals surface area contributed by atoms with Crippen molar-refractivity contribution in [1.82, 2.24) is 20.5 Å². The second-order valence-electron chi connectivity index (χ2n) is 5.57. The van der Waals surface area contributed by atoms with Gasteiger partial charge < -0.3 is 10.1 Å². The van der Waals surface area contributed by atoms with Crippen LogP contribution < -0.4 is 5.32 Å². The maximum atomic E-state index is 13.9. The maximum Gasteiger partial charge on any atom is 0.419 e. The number of ether oxygens (including phenoxy) is 1. The Hall–Kier alpha value is -2.49. The van der Waals surface area contributed by atoms with Gasteiger partial charge in [0.25, 0.3) is 5.91 Å². The van der Waals surface area contributed by atoms with Crippen LogP contribution >= 0.6 is 0 Å². The summed E-state index contributed by atoms with van der Waals surface area (Å²) in [6.07, 6.45) is -2.85. The Labute approximate surface area is 139 Å². The molecule has 0 saturated carbocycles. The minimum atomic E-state index is -4.86. The molecule has 1 aliphatic rings. The molecule has 2 aromatic rings. The third kappa shape index (κ3) is 3.78. The zero-order valence-corrected chi connectivity index (χ0v) is 12.8. The Morgan fingerprint density at radius 1 is 1.36 bits per heavy atom. The van der Waals surface area contributed by atoms with Crippen molar-refractivity contribution in [2.24, 2.45) is 0 Å². The quantitative estimate of drug-likeness (QED) is 0.824. The second kappa shape index (κ2) is 6.79. The number of amides is 1. The molecule has 1 saturated heterocycles. The van der Waals surface area contributed by atoms with Crippen LogP contribution in [0.25, 0.3) is 0 Å². The number of aromatic nitrogens is 3. The Morgan fingerprint density at radius 3 is 2.84 bits per heavy atom. The van der Waals surface area contributed by atoms with Crippen LogP contribution in [0.2, 0.25) is 0 Å². The molecule has 2 N–H and O–H groups in total. The number of rotatable bonds is 4. The number of aromatic amines is 1. The molecule has 0 spiro atoms. The molecular weight excluding hydrogens is 344 g/mol. The predicted octanol–water partition coefficient (Wildman–Crippen LogP) is 2.61. The van der Waals surface area contributed by atoms with Gasteiger partial charge in [0.15, 0.2) is 5.82 Å². The van der Waals surface area contributed by atoms with Crippen molar-refractivity contribution >= 4 is 5.91 Å². The number of hydrogen-bond acceptors (Lipinski definition) is 4. The van der Waals surface area contributed by atoms with E-state index in [-0.39, 0.29) is 18.8 Å². The van der Waals surface area contributed by atoms with E-state index in [0.717, 1.165) is 12.1 Å². The maximum absolute atomic E-state index is 13.9. The molecule has 0 aliphatic carbocycles. The molecule has 25 heavy (non-hydrogen) atoms. The summed E-state index contributed by atoms with van der Waals surface area (Å²) in [5, 5.41) is 8.82. The molecule has 0 bridgehead atoms. The Bertz CT molecular complexity index is 748. The minimum absolute atomic E-state index is 0.0547. The predicted molar refractivity (Wildman–Crippen MR) is 77.0 cm³/mol. The highest BCUT2D eigenvalue weighted by Gasteiger charge is 2.36. The van der Waals surface area contributed by atoms with Crippen molar-refractivity contribution in [1.29, 1.82) is 0 Å². The lowest BCUT2D eigenvalue weighted by Gasteiger charge is -2.14. The van der Waals surface area contributed by atoms with Crippen LogP contribution in [0.3, 0.4) is 0 Å². The smallest absolute Gasteiger partial charge is 0.365 e. The molecule has 134 valence electrons. The normalized spacial score (nSPS) is 20.6. The van der Waals surface area contributed by atoms with E-state index in [0.29, 0.717) is 24.7 Å². The number of nitrogens with one attached hydrogen (secondary N) is 2. The summed E-state index contributed by atoms with van der Waals surface area (Å²) >= 11 is 0. The van der Waals surface area contributed by atoms with Crippen molar-refractivity contribution < 1.29 is 27.1 Å². The zero-order valence-electron chi connectivity index (χ0n) is 12.8. The van der Waals surface area contributed by atoms with E-state index in [9.17, 15) is 22.4 Å². The zero-order chi connectivity index (χ0) is 18.0. The Morgan fingerprint density at radius 2 is 2.16 bits per heavy atom. The lowest BCUT2D eigenvalue weighted by molar-refractivity contribution is -0.140. The number of halogens is 4. The number of H-pyrrole nitrogens is 1. The molecule has 6 nitrogen and oxygen atoms in total. The molecule has 1 aromatic carbocycles. The summed E-state index contributed by atoms with van der Waals surface area (Å²) in [6.45, 7) is 0.0547. The molecule has 10 heteroatoms. The lowest BCUT2D eigenvalue weighted by atomic mass is 10.1. The van der Waals surface area contributed by atoms with Crippen molar-refractivity contribution in [2.75, 3.05) is 6.54 Å². The van der Waals surface area contributed by atoms with Gasteiger partial charge in [0, 0.05) is 6.54 Å².